The maximum Gasteiger partial charge on any atom is 0.0113 e. The molecule has 1 fully saturated rings. The van der Waals surface area contributed by atoms with Crippen molar-refractivity contribution in [3.63, 3.8) is 0 Å². The van der Waals surface area contributed by atoms with Crippen molar-refractivity contribution < 1.29 is 0 Å². The van der Waals surface area contributed by atoms with Gasteiger partial charge in [0.15, 0.2) is 0 Å². The van der Waals surface area contributed by atoms with Crippen LogP contribution >= 0.6 is 11.8 Å². The van der Waals surface area contributed by atoms with Crippen LogP contribution in [0.3, 0.4) is 0 Å². The molecule has 74 valence electrons. The Hall–Kier alpha value is 0.0900. The molecular weight excluding hydrogens is 176 g/mol. The highest BCUT2D eigenvalue weighted by atomic mass is 32.2. The van der Waals surface area contributed by atoms with E-state index in [2.05, 4.69) is 23.9 Å². The van der Waals surface area contributed by atoms with Crippen molar-refractivity contribution in [3.8, 4) is 0 Å². The smallest absolute Gasteiger partial charge is 0.0113 e. The summed E-state index contributed by atoms with van der Waals surface area (Å²) in [6.07, 6.45) is 13.6. The molecule has 0 aromatic carbocycles. The van der Waals surface area contributed by atoms with E-state index in [4.69, 9.17) is 0 Å². The molecule has 0 aromatic heterocycles. The maximum absolute atomic E-state index is 2.38. The van der Waals surface area contributed by atoms with E-state index in [1.54, 1.807) is 0 Å². The highest BCUT2D eigenvalue weighted by Crippen LogP contribution is 2.36. The largest absolute Gasteiger partial charge is 0.158 e. The molecule has 2 unspecified atom stereocenters. The minimum absolute atomic E-state index is 1.06. The SMILES string of the molecule is C1=C\CSCC2CCC(CCC/1)C2. The number of thioether (sulfide) groups is 1. The Kier molecular flexibility index (Phi) is 3.77. The predicted molar refractivity (Wildman–Crippen MR) is 61.1 cm³/mol. The van der Waals surface area contributed by atoms with Crippen LogP contribution < -0.4 is 0 Å². The summed E-state index contributed by atoms with van der Waals surface area (Å²) in [6.45, 7) is 0. The van der Waals surface area contributed by atoms with E-state index in [1.807, 2.05) is 0 Å². The van der Waals surface area contributed by atoms with Gasteiger partial charge < -0.3 is 0 Å². The predicted octanol–water partition coefficient (Wildman–Crippen LogP) is 3.88. The van der Waals surface area contributed by atoms with Gasteiger partial charge in [-0.05, 0) is 43.3 Å². The topological polar surface area (TPSA) is 0 Å². The van der Waals surface area contributed by atoms with Crippen LogP contribution in [0.1, 0.15) is 38.5 Å². The van der Waals surface area contributed by atoms with Crippen molar-refractivity contribution in [2.24, 2.45) is 11.8 Å². The molecule has 2 aliphatic rings. The van der Waals surface area contributed by atoms with Gasteiger partial charge in [0.1, 0.15) is 0 Å². The fourth-order valence-corrected chi connectivity index (χ4v) is 3.65. The standard InChI is InChI=1S/C12H20S/c1-2-4-8-13-10-12-7-6-11(9-12)5-3-1/h2,4,11-12H,1,3,5-10H2/b4-2-. The van der Waals surface area contributed by atoms with Crippen LogP contribution in [0.5, 0.6) is 0 Å². The van der Waals surface area contributed by atoms with Crippen LogP contribution in [0.15, 0.2) is 12.2 Å². The van der Waals surface area contributed by atoms with Crippen molar-refractivity contribution in [1.82, 2.24) is 0 Å². The van der Waals surface area contributed by atoms with Crippen LogP contribution in [0.25, 0.3) is 0 Å². The van der Waals surface area contributed by atoms with Gasteiger partial charge in [0, 0.05) is 5.75 Å². The van der Waals surface area contributed by atoms with Gasteiger partial charge >= 0.3 is 0 Å². The van der Waals surface area contributed by atoms with E-state index < -0.39 is 0 Å². The zero-order valence-corrected chi connectivity index (χ0v) is 9.19. The van der Waals surface area contributed by atoms with Crippen LogP contribution in [0, 0.1) is 11.8 Å². The summed E-state index contributed by atoms with van der Waals surface area (Å²) in [5.74, 6) is 4.81. The van der Waals surface area contributed by atoms with Crippen molar-refractivity contribution in [3.05, 3.63) is 12.2 Å². The molecule has 13 heavy (non-hydrogen) atoms. The first kappa shape index (κ1) is 9.64. The summed E-state index contributed by atoms with van der Waals surface area (Å²) >= 11 is 2.13. The first-order valence-electron chi connectivity index (χ1n) is 5.68. The molecule has 2 bridgehead atoms. The summed E-state index contributed by atoms with van der Waals surface area (Å²) < 4.78 is 0. The Morgan fingerprint density at radius 3 is 2.92 bits per heavy atom. The number of rotatable bonds is 0. The van der Waals surface area contributed by atoms with Crippen LogP contribution in [0.4, 0.5) is 0 Å². The number of fused-ring (bicyclic) bond motifs is 2. The lowest BCUT2D eigenvalue weighted by Crippen LogP contribution is -1.99. The maximum atomic E-state index is 2.38. The summed E-state index contributed by atoms with van der Waals surface area (Å²) in [4.78, 5) is 0. The van der Waals surface area contributed by atoms with Crippen LogP contribution in [0.2, 0.25) is 0 Å². The molecule has 1 aliphatic heterocycles. The van der Waals surface area contributed by atoms with Gasteiger partial charge in [-0.1, -0.05) is 25.0 Å². The molecule has 0 aromatic rings. The Morgan fingerprint density at radius 1 is 1.00 bits per heavy atom. The highest BCUT2D eigenvalue weighted by Gasteiger charge is 2.23. The molecular formula is C12H20S. The highest BCUT2D eigenvalue weighted by molar-refractivity contribution is 7.99. The Balaban J connectivity index is 1.85. The summed E-state index contributed by atoms with van der Waals surface area (Å²) in [5, 5.41) is 0. The van der Waals surface area contributed by atoms with E-state index in [0.717, 1.165) is 11.8 Å². The van der Waals surface area contributed by atoms with Crippen LogP contribution in [-0.2, 0) is 0 Å². The molecule has 2 rings (SSSR count). The minimum Gasteiger partial charge on any atom is -0.158 e. The van der Waals surface area contributed by atoms with Gasteiger partial charge in [0.2, 0.25) is 0 Å². The molecule has 0 nitrogen and oxygen atoms in total. The second kappa shape index (κ2) is 5.09. The lowest BCUT2D eigenvalue weighted by molar-refractivity contribution is 0.468. The van der Waals surface area contributed by atoms with Gasteiger partial charge in [0.05, 0.1) is 0 Å². The van der Waals surface area contributed by atoms with E-state index in [-0.39, 0.29) is 0 Å². The first-order valence-corrected chi connectivity index (χ1v) is 6.83. The molecule has 1 heteroatoms. The average Bonchev–Trinajstić information content (AvgIpc) is 2.52. The van der Waals surface area contributed by atoms with Crippen molar-refractivity contribution in [2.75, 3.05) is 11.5 Å². The zero-order chi connectivity index (χ0) is 8.93. The first-order chi connectivity index (χ1) is 6.45. The van der Waals surface area contributed by atoms with Gasteiger partial charge in [-0.15, -0.1) is 0 Å². The fourth-order valence-electron chi connectivity index (χ4n) is 2.61. The molecule has 2 atom stereocenters. The normalized spacial score (nSPS) is 38.2. The van der Waals surface area contributed by atoms with Crippen molar-refractivity contribution in [1.29, 1.82) is 0 Å². The molecule has 1 heterocycles. The molecule has 0 saturated heterocycles. The zero-order valence-electron chi connectivity index (χ0n) is 8.37. The fraction of sp³-hybridized carbons (Fsp3) is 0.833. The molecule has 1 saturated carbocycles. The molecule has 0 radical (unpaired) electrons. The van der Waals surface area contributed by atoms with Gasteiger partial charge in [-0.25, -0.2) is 0 Å². The van der Waals surface area contributed by atoms with Gasteiger partial charge in [-0.3, -0.25) is 0 Å². The molecule has 0 N–H and O–H groups in total. The number of hydrogen-bond acceptors (Lipinski definition) is 1. The lowest BCUT2D eigenvalue weighted by Gasteiger charge is -2.09. The Bertz CT molecular complexity index is 156. The van der Waals surface area contributed by atoms with E-state index >= 15 is 0 Å². The quantitative estimate of drug-likeness (QED) is 0.530. The number of hydrogen-bond donors (Lipinski definition) is 0. The monoisotopic (exact) mass is 196 g/mol. The second-order valence-electron chi connectivity index (χ2n) is 4.48. The van der Waals surface area contributed by atoms with E-state index in [0.29, 0.717) is 0 Å². The van der Waals surface area contributed by atoms with Crippen LogP contribution in [-0.4, -0.2) is 11.5 Å². The van der Waals surface area contributed by atoms with Gasteiger partial charge in [0.25, 0.3) is 0 Å². The second-order valence-corrected chi connectivity index (χ2v) is 5.56. The number of allylic oxidation sites excluding steroid dienone is 1. The molecule has 0 amide bonds. The molecule has 1 aliphatic carbocycles. The summed E-state index contributed by atoms with van der Waals surface area (Å²) in [5.41, 5.74) is 0. The van der Waals surface area contributed by atoms with E-state index in [9.17, 15) is 0 Å². The Labute approximate surface area is 86.2 Å². The third-order valence-corrected chi connectivity index (χ3v) is 4.50. The van der Waals surface area contributed by atoms with Gasteiger partial charge in [-0.2, -0.15) is 11.8 Å². The third-order valence-electron chi connectivity index (χ3n) is 3.37. The summed E-state index contributed by atoms with van der Waals surface area (Å²) in [6, 6.07) is 0. The van der Waals surface area contributed by atoms with Crippen molar-refractivity contribution >= 4 is 11.8 Å². The third kappa shape index (κ3) is 3.05. The average molecular weight is 196 g/mol. The lowest BCUT2D eigenvalue weighted by atomic mass is 9.99. The van der Waals surface area contributed by atoms with E-state index in [1.165, 1.54) is 50.0 Å². The Morgan fingerprint density at radius 2 is 1.92 bits per heavy atom. The summed E-state index contributed by atoms with van der Waals surface area (Å²) in [7, 11) is 0. The van der Waals surface area contributed by atoms with Crippen molar-refractivity contribution in [2.45, 2.75) is 38.5 Å². The molecule has 0 spiro atoms. The minimum atomic E-state index is 1.06.